The van der Waals surface area contributed by atoms with E-state index in [2.05, 4.69) is 32.6 Å². The van der Waals surface area contributed by atoms with Gasteiger partial charge in [0.25, 0.3) is 0 Å². The zero-order chi connectivity index (χ0) is 19.1. The number of likely N-dealkylation sites (tertiary alicyclic amines) is 1. The molecule has 2 saturated heterocycles. The number of aromatic nitrogens is 3. The molecule has 0 bridgehead atoms. The maximum atomic E-state index is 12.4. The fraction of sp³-hybridized carbons (Fsp3) is 0.632. The number of thiazole rings is 1. The van der Waals surface area contributed by atoms with E-state index >= 15 is 0 Å². The molecule has 4 rings (SSSR count). The Morgan fingerprint density at radius 2 is 1.96 bits per heavy atom. The molecule has 0 aliphatic carbocycles. The number of rotatable bonds is 4. The fourth-order valence-corrected chi connectivity index (χ4v) is 5.13. The van der Waals surface area contributed by atoms with Crippen LogP contribution in [0.5, 0.6) is 0 Å². The predicted octanol–water partition coefficient (Wildman–Crippen LogP) is 2.02. The van der Waals surface area contributed by atoms with E-state index in [0.717, 1.165) is 48.0 Å². The summed E-state index contributed by atoms with van der Waals surface area (Å²) in [5.41, 5.74) is 3.37. The van der Waals surface area contributed by atoms with E-state index < -0.39 is 0 Å². The molecule has 2 atom stereocenters. The molecule has 0 saturated carbocycles. The molecule has 0 spiro atoms. The van der Waals surface area contributed by atoms with E-state index in [1.807, 2.05) is 36.8 Å². The molecular formula is C19H28N6OS. The first kappa shape index (κ1) is 18.4. The molecule has 146 valence electrons. The van der Waals surface area contributed by atoms with Gasteiger partial charge in [-0.1, -0.05) is 0 Å². The lowest BCUT2D eigenvalue weighted by molar-refractivity contribution is -0.127. The van der Waals surface area contributed by atoms with E-state index in [4.69, 9.17) is 0 Å². The zero-order valence-electron chi connectivity index (χ0n) is 16.5. The topological polar surface area (TPSA) is 66.3 Å². The second kappa shape index (κ2) is 7.24. The van der Waals surface area contributed by atoms with Gasteiger partial charge in [-0.2, -0.15) is 5.10 Å². The van der Waals surface area contributed by atoms with E-state index in [1.54, 1.807) is 11.3 Å². The molecule has 2 aromatic heterocycles. The first-order valence-corrected chi connectivity index (χ1v) is 10.5. The monoisotopic (exact) mass is 388 g/mol. The maximum Gasteiger partial charge on any atom is 0.224 e. The molecule has 4 heterocycles. The Labute approximate surface area is 164 Å². The third-order valence-corrected chi connectivity index (χ3v) is 7.02. The number of aryl methyl sites for hydroxylation is 2. The molecule has 27 heavy (non-hydrogen) atoms. The van der Waals surface area contributed by atoms with Crippen molar-refractivity contribution < 1.29 is 4.79 Å². The van der Waals surface area contributed by atoms with Gasteiger partial charge in [0.1, 0.15) is 0 Å². The Hall–Kier alpha value is -1.93. The molecular weight excluding hydrogens is 360 g/mol. The van der Waals surface area contributed by atoms with Crippen molar-refractivity contribution >= 4 is 22.4 Å². The smallest absolute Gasteiger partial charge is 0.224 e. The fourth-order valence-electron chi connectivity index (χ4n) is 4.28. The second-order valence-electron chi connectivity index (χ2n) is 7.77. The second-order valence-corrected chi connectivity index (χ2v) is 8.61. The highest BCUT2D eigenvalue weighted by Gasteiger charge is 2.41. The van der Waals surface area contributed by atoms with Gasteiger partial charge in [0.2, 0.25) is 5.91 Å². The van der Waals surface area contributed by atoms with Gasteiger partial charge in [-0.05, 0) is 26.7 Å². The van der Waals surface area contributed by atoms with Crippen LogP contribution in [0.3, 0.4) is 0 Å². The Balaban J connectivity index is 1.42. The number of piperidine rings is 1. The van der Waals surface area contributed by atoms with E-state index in [0.29, 0.717) is 12.5 Å². The van der Waals surface area contributed by atoms with E-state index in [9.17, 15) is 4.79 Å². The largest absolute Gasteiger partial charge is 0.348 e. The van der Waals surface area contributed by atoms with Crippen molar-refractivity contribution in [3.05, 3.63) is 28.5 Å². The van der Waals surface area contributed by atoms with Crippen LogP contribution in [0.25, 0.3) is 0 Å². The van der Waals surface area contributed by atoms with Gasteiger partial charge < -0.3 is 15.1 Å². The first-order valence-electron chi connectivity index (χ1n) is 9.61. The highest BCUT2D eigenvalue weighted by Crippen LogP contribution is 2.34. The first-order chi connectivity index (χ1) is 12.9. The van der Waals surface area contributed by atoms with Crippen LogP contribution < -0.4 is 10.2 Å². The summed E-state index contributed by atoms with van der Waals surface area (Å²) in [6, 6.07) is 0.640. The van der Waals surface area contributed by atoms with Gasteiger partial charge in [-0.15, -0.1) is 11.3 Å². The van der Waals surface area contributed by atoms with Crippen molar-refractivity contribution in [3.8, 4) is 0 Å². The van der Waals surface area contributed by atoms with Crippen LogP contribution in [0.4, 0.5) is 5.13 Å². The third kappa shape index (κ3) is 3.48. The Bertz CT molecular complexity index is 822. The average Bonchev–Trinajstić information content (AvgIpc) is 3.30. The van der Waals surface area contributed by atoms with Gasteiger partial charge >= 0.3 is 0 Å². The van der Waals surface area contributed by atoms with Crippen molar-refractivity contribution in [1.29, 1.82) is 0 Å². The summed E-state index contributed by atoms with van der Waals surface area (Å²) >= 11 is 1.73. The lowest BCUT2D eigenvalue weighted by atomic mass is 9.97. The number of nitrogens with zero attached hydrogens (tertiary/aromatic N) is 5. The maximum absolute atomic E-state index is 12.4. The summed E-state index contributed by atoms with van der Waals surface area (Å²) in [6.45, 7) is 6.14. The van der Waals surface area contributed by atoms with E-state index in [1.165, 1.54) is 0 Å². The third-order valence-electron chi connectivity index (χ3n) is 6.00. The van der Waals surface area contributed by atoms with Gasteiger partial charge in [0.05, 0.1) is 17.9 Å². The molecule has 2 aromatic rings. The molecule has 0 radical (unpaired) electrons. The van der Waals surface area contributed by atoms with Crippen LogP contribution in [-0.4, -0.2) is 57.8 Å². The quantitative estimate of drug-likeness (QED) is 0.868. The molecule has 0 unspecified atom stereocenters. The number of nitrogens with one attached hydrogen (secondary N) is 1. The Morgan fingerprint density at radius 3 is 2.56 bits per heavy atom. The molecule has 2 aliphatic rings. The molecule has 8 heteroatoms. The van der Waals surface area contributed by atoms with Gasteiger partial charge in [-0.25, -0.2) is 4.98 Å². The van der Waals surface area contributed by atoms with Crippen LogP contribution >= 0.6 is 11.3 Å². The predicted molar refractivity (Wildman–Crippen MR) is 107 cm³/mol. The summed E-state index contributed by atoms with van der Waals surface area (Å²) < 4.78 is 1.89. The van der Waals surface area contributed by atoms with Gasteiger partial charge in [0.15, 0.2) is 5.13 Å². The summed E-state index contributed by atoms with van der Waals surface area (Å²) in [7, 11) is 3.86. The lowest BCUT2D eigenvalue weighted by Crippen LogP contribution is -2.47. The Kier molecular flexibility index (Phi) is 4.94. The lowest BCUT2D eigenvalue weighted by Gasteiger charge is -2.35. The van der Waals surface area contributed by atoms with Crippen molar-refractivity contribution in [1.82, 2.24) is 25.0 Å². The van der Waals surface area contributed by atoms with E-state index in [-0.39, 0.29) is 18.0 Å². The highest BCUT2D eigenvalue weighted by molar-refractivity contribution is 7.13. The van der Waals surface area contributed by atoms with Crippen LogP contribution in [-0.2, 0) is 11.8 Å². The van der Waals surface area contributed by atoms with Crippen molar-refractivity contribution in [3.63, 3.8) is 0 Å². The number of amides is 1. The molecule has 2 fully saturated rings. The summed E-state index contributed by atoms with van der Waals surface area (Å²) in [6.07, 6.45) is 4.62. The van der Waals surface area contributed by atoms with Crippen LogP contribution in [0.2, 0.25) is 0 Å². The number of carbonyl (C=O) groups excluding carboxylic acids is 1. The minimum Gasteiger partial charge on any atom is -0.348 e. The summed E-state index contributed by atoms with van der Waals surface area (Å²) in [5.74, 6) is 0.205. The number of hydrogen-bond acceptors (Lipinski definition) is 6. The minimum absolute atomic E-state index is 0.0610. The highest BCUT2D eigenvalue weighted by atomic mass is 32.1. The number of likely N-dealkylation sites (N-methyl/N-ethyl adjacent to an activating group) is 1. The number of hydrogen-bond donors (Lipinski definition) is 1. The number of carbonyl (C=O) groups is 1. The minimum atomic E-state index is 0.0610. The summed E-state index contributed by atoms with van der Waals surface area (Å²) in [5, 5.41) is 11.4. The number of anilines is 1. The van der Waals surface area contributed by atoms with Crippen LogP contribution in [0.15, 0.2) is 11.6 Å². The molecule has 1 amide bonds. The molecule has 0 aromatic carbocycles. The van der Waals surface area contributed by atoms with Gasteiger partial charge in [0, 0.05) is 62.3 Å². The van der Waals surface area contributed by atoms with Crippen molar-refractivity contribution in [2.24, 2.45) is 7.05 Å². The van der Waals surface area contributed by atoms with Crippen molar-refractivity contribution in [2.75, 3.05) is 25.0 Å². The molecule has 1 N–H and O–H groups in total. The SMILES string of the molecule is Cc1csc(N2CCC(N[C@@H]3CC(=O)N(C)[C@H]3c3cnn(C)c3C)CC2)n1. The zero-order valence-corrected chi connectivity index (χ0v) is 17.3. The average molecular weight is 389 g/mol. The van der Waals surface area contributed by atoms with Gasteiger partial charge in [-0.3, -0.25) is 9.48 Å². The van der Waals surface area contributed by atoms with Crippen molar-refractivity contribution in [2.45, 2.75) is 51.2 Å². The normalized spacial score (nSPS) is 24.2. The molecule has 2 aliphatic heterocycles. The van der Waals surface area contributed by atoms with Crippen LogP contribution in [0, 0.1) is 13.8 Å². The summed E-state index contributed by atoms with van der Waals surface area (Å²) in [4.78, 5) is 21.3. The standard InChI is InChI=1S/C19H28N6OS/c1-12-11-27-19(21-12)25-7-5-14(6-8-25)22-16-9-17(26)23(3)18(16)15-10-20-24(4)13(15)2/h10-11,14,16,18,22H,5-9H2,1-4H3/t16-,18+/m1/s1. The molecule has 7 nitrogen and oxygen atoms in total. The Morgan fingerprint density at radius 1 is 1.22 bits per heavy atom. The van der Waals surface area contributed by atoms with Crippen LogP contribution in [0.1, 0.15) is 42.3 Å².